The van der Waals surface area contributed by atoms with Gasteiger partial charge in [-0.1, -0.05) is 12.1 Å². The summed E-state index contributed by atoms with van der Waals surface area (Å²) in [5.74, 6) is 0. The Balaban J connectivity index is 3.29. The second-order valence-corrected chi connectivity index (χ2v) is 8.54. The molecule has 10 nitrogen and oxygen atoms in total. The molecule has 0 aliphatic heterocycles. The van der Waals surface area contributed by atoms with Crippen molar-refractivity contribution in [1.82, 2.24) is 0 Å². The standard InChI is InChI=1S/C10H9NO9S3/c11-9-7(22(15,16)17)4-5-2-1-3-6(21(12,13)14)8(5)10(9)23(18,19)20/h1-4H,11H2,(H,12,13,14)(H,15,16,17)(H,18,19,20). The fourth-order valence-corrected chi connectivity index (χ4v) is 4.46. The summed E-state index contributed by atoms with van der Waals surface area (Å²) >= 11 is 0. The zero-order chi connectivity index (χ0) is 17.8. The Morgan fingerprint density at radius 3 is 1.74 bits per heavy atom. The third-order valence-electron chi connectivity index (χ3n) is 2.90. The van der Waals surface area contributed by atoms with Gasteiger partial charge in [0, 0.05) is 5.39 Å². The Hall–Kier alpha value is -1.77. The maximum absolute atomic E-state index is 11.5. The molecule has 0 aliphatic carbocycles. The zero-order valence-corrected chi connectivity index (χ0v) is 13.4. The van der Waals surface area contributed by atoms with Crippen LogP contribution in [0.1, 0.15) is 0 Å². The lowest BCUT2D eigenvalue weighted by molar-refractivity contribution is 0.482. The molecule has 0 saturated carbocycles. The molecule has 5 N–H and O–H groups in total. The summed E-state index contributed by atoms with van der Waals surface area (Å²) in [6.45, 7) is 0. The van der Waals surface area contributed by atoms with E-state index >= 15 is 0 Å². The van der Waals surface area contributed by atoms with Crippen molar-refractivity contribution in [1.29, 1.82) is 0 Å². The summed E-state index contributed by atoms with van der Waals surface area (Å²) < 4.78 is 96.0. The van der Waals surface area contributed by atoms with Gasteiger partial charge in [-0.2, -0.15) is 25.3 Å². The fourth-order valence-electron chi connectivity index (χ4n) is 2.07. The molecule has 2 rings (SSSR count). The fraction of sp³-hybridized carbons (Fsp3) is 0. The first kappa shape index (κ1) is 17.6. The SMILES string of the molecule is Nc1c(S(=O)(=O)O)cc2cccc(S(=O)(=O)O)c2c1S(=O)(=O)O. The number of anilines is 1. The lowest BCUT2D eigenvalue weighted by atomic mass is 10.1. The average molecular weight is 383 g/mol. The molecule has 0 heterocycles. The minimum Gasteiger partial charge on any atom is -0.396 e. The molecule has 0 unspecified atom stereocenters. The van der Waals surface area contributed by atoms with E-state index in [9.17, 15) is 34.4 Å². The van der Waals surface area contributed by atoms with Crippen LogP contribution in [0.4, 0.5) is 5.69 Å². The molecule has 0 bridgehead atoms. The summed E-state index contributed by atoms with van der Waals surface area (Å²) in [5.41, 5.74) is 4.29. The minimum absolute atomic E-state index is 0.311. The van der Waals surface area contributed by atoms with Crippen molar-refractivity contribution in [3.63, 3.8) is 0 Å². The van der Waals surface area contributed by atoms with Gasteiger partial charge in [-0.05, 0) is 17.5 Å². The van der Waals surface area contributed by atoms with Crippen molar-refractivity contribution in [2.75, 3.05) is 5.73 Å². The van der Waals surface area contributed by atoms with E-state index in [1.165, 1.54) is 0 Å². The van der Waals surface area contributed by atoms with Crippen molar-refractivity contribution in [3.05, 3.63) is 24.3 Å². The van der Waals surface area contributed by atoms with Crippen LogP contribution < -0.4 is 5.73 Å². The van der Waals surface area contributed by atoms with Crippen molar-refractivity contribution in [3.8, 4) is 0 Å². The van der Waals surface area contributed by atoms with Gasteiger partial charge in [0.1, 0.15) is 14.7 Å². The lowest BCUT2D eigenvalue weighted by Crippen LogP contribution is -2.12. The van der Waals surface area contributed by atoms with Gasteiger partial charge < -0.3 is 5.73 Å². The van der Waals surface area contributed by atoms with E-state index in [2.05, 4.69) is 0 Å². The highest BCUT2D eigenvalue weighted by Crippen LogP contribution is 2.37. The number of rotatable bonds is 3. The van der Waals surface area contributed by atoms with Gasteiger partial charge >= 0.3 is 0 Å². The van der Waals surface area contributed by atoms with Gasteiger partial charge in [-0.15, -0.1) is 0 Å². The molecule has 2 aromatic rings. The highest BCUT2D eigenvalue weighted by Gasteiger charge is 2.29. The summed E-state index contributed by atoms with van der Waals surface area (Å²) in [5, 5.41) is -1.02. The Morgan fingerprint density at radius 2 is 1.30 bits per heavy atom. The Morgan fingerprint density at radius 1 is 0.783 bits per heavy atom. The first-order chi connectivity index (χ1) is 10.2. The summed E-state index contributed by atoms with van der Waals surface area (Å²) in [4.78, 5) is -3.20. The molecular weight excluding hydrogens is 374 g/mol. The van der Waals surface area contributed by atoms with Gasteiger partial charge in [-0.25, -0.2) is 0 Å². The molecule has 13 heteroatoms. The van der Waals surface area contributed by atoms with E-state index in [4.69, 9.17) is 10.3 Å². The highest BCUT2D eigenvalue weighted by atomic mass is 32.2. The Bertz CT molecular complexity index is 1130. The van der Waals surface area contributed by atoms with Crippen molar-refractivity contribution < 1.29 is 38.9 Å². The topological polar surface area (TPSA) is 189 Å². The number of hydrogen-bond donors (Lipinski definition) is 4. The van der Waals surface area contributed by atoms with Crippen LogP contribution in [0.2, 0.25) is 0 Å². The summed E-state index contributed by atoms with van der Waals surface area (Å²) in [6, 6.07) is 3.73. The second-order valence-electron chi connectivity index (χ2n) is 4.40. The zero-order valence-electron chi connectivity index (χ0n) is 10.9. The van der Waals surface area contributed by atoms with Gasteiger partial charge in [0.05, 0.1) is 5.69 Å². The third-order valence-corrected chi connectivity index (χ3v) is 5.63. The number of fused-ring (bicyclic) bond motifs is 1. The number of benzene rings is 2. The average Bonchev–Trinajstić information content (AvgIpc) is 2.32. The maximum Gasteiger partial charge on any atom is 0.297 e. The molecular formula is C10H9NO9S3. The predicted molar refractivity (Wildman–Crippen MR) is 77.8 cm³/mol. The summed E-state index contributed by atoms with van der Waals surface area (Å²) in [7, 11) is -15.1. The summed E-state index contributed by atoms with van der Waals surface area (Å²) in [6.07, 6.45) is 0. The number of hydrogen-bond acceptors (Lipinski definition) is 7. The van der Waals surface area contributed by atoms with Gasteiger partial charge in [0.2, 0.25) is 0 Å². The Labute approximate surface area is 130 Å². The van der Waals surface area contributed by atoms with Crippen LogP contribution in [-0.4, -0.2) is 38.9 Å². The maximum atomic E-state index is 11.5. The van der Waals surface area contributed by atoms with Crippen molar-refractivity contribution in [2.24, 2.45) is 0 Å². The van der Waals surface area contributed by atoms with Gasteiger partial charge in [-0.3, -0.25) is 13.7 Å². The van der Waals surface area contributed by atoms with Crippen LogP contribution in [0.15, 0.2) is 39.0 Å². The quantitative estimate of drug-likeness (QED) is 0.419. The van der Waals surface area contributed by atoms with Gasteiger partial charge in [0.25, 0.3) is 30.4 Å². The first-order valence-corrected chi connectivity index (χ1v) is 9.84. The van der Waals surface area contributed by atoms with E-state index in [-0.39, 0.29) is 5.39 Å². The van der Waals surface area contributed by atoms with E-state index in [0.29, 0.717) is 6.07 Å². The normalized spacial score (nSPS) is 13.3. The molecule has 0 aromatic heterocycles. The third kappa shape index (κ3) is 3.15. The van der Waals surface area contributed by atoms with E-state index in [0.717, 1.165) is 18.2 Å². The smallest absolute Gasteiger partial charge is 0.297 e. The second kappa shape index (κ2) is 5.12. The largest absolute Gasteiger partial charge is 0.396 e. The van der Waals surface area contributed by atoms with Crippen LogP contribution in [0.3, 0.4) is 0 Å². The van der Waals surface area contributed by atoms with Crippen LogP contribution in [0.25, 0.3) is 10.8 Å². The van der Waals surface area contributed by atoms with E-state index in [1.54, 1.807) is 0 Å². The van der Waals surface area contributed by atoms with Crippen molar-refractivity contribution in [2.45, 2.75) is 14.7 Å². The number of nitrogen functional groups attached to an aromatic ring is 1. The van der Waals surface area contributed by atoms with Crippen LogP contribution in [0.5, 0.6) is 0 Å². The van der Waals surface area contributed by atoms with Crippen LogP contribution >= 0.6 is 0 Å². The van der Waals surface area contributed by atoms with E-state index < -0.39 is 56.1 Å². The molecule has 0 radical (unpaired) electrons. The molecule has 0 spiro atoms. The number of nitrogens with two attached hydrogens (primary N) is 1. The predicted octanol–water partition coefficient (Wildman–Crippen LogP) is 0.162. The Kier molecular flexibility index (Phi) is 3.91. The molecule has 0 amide bonds. The monoisotopic (exact) mass is 383 g/mol. The van der Waals surface area contributed by atoms with Crippen molar-refractivity contribution >= 4 is 46.8 Å². The molecule has 0 aliphatic rings. The molecule has 126 valence electrons. The van der Waals surface area contributed by atoms with E-state index in [1.807, 2.05) is 0 Å². The van der Waals surface area contributed by atoms with Crippen LogP contribution in [-0.2, 0) is 30.4 Å². The van der Waals surface area contributed by atoms with Gasteiger partial charge in [0.15, 0.2) is 0 Å². The molecule has 2 aromatic carbocycles. The highest BCUT2D eigenvalue weighted by molar-refractivity contribution is 7.87. The molecule has 23 heavy (non-hydrogen) atoms. The van der Waals surface area contributed by atoms with Crippen LogP contribution in [0, 0.1) is 0 Å². The molecule has 0 saturated heterocycles. The first-order valence-electron chi connectivity index (χ1n) is 5.52. The molecule has 0 atom stereocenters. The lowest BCUT2D eigenvalue weighted by Gasteiger charge is -2.13. The molecule has 0 fully saturated rings. The minimum atomic E-state index is -5.20.